The standard InChI is InChI=1S/C29H36N2O3S/c1-4-19-31(21-25-9-7-23(5-2)8-10-25)22-26-11-15-27(16-12-26)30-29(32)20-24-13-17-28(18-14-24)35(33,34)6-3/h7-18H,4-6,19-22H2,1-3H3,(H,30,32). The number of carbonyl (C=O) groups excluding carboxylic acids is 1. The third-order valence-electron chi connectivity index (χ3n) is 6.05. The van der Waals surface area contributed by atoms with Gasteiger partial charge in [-0.3, -0.25) is 9.69 Å². The van der Waals surface area contributed by atoms with Crippen LogP contribution in [-0.2, 0) is 40.6 Å². The lowest BCUT2D eigenvalue weighted by Crippen LogP contribution is -2.23. The number of benzene rings is 3. The first-order valence-electron chi connectivity index (χ1n) is 12.3. The van der Waals surface area contributed by atoms with Gasteiger partial charge in [0.1, 0.15) is 0 Å². The number of anilines is 1. The van der Waals surface area contributed by atoms with E-state index in [2.05, 4.69) is 60.5 Å². The summed E-state index contributed by atoms with van der Waals surface area (Å²) < 4.78 is 23.9. The largest absolute Gasteiger partial charge is 0.326 e. The van der Waals surface area contributed by atoms with E-state index >= 15 is 0 Å². The minimum atomic E-state index is -3.23. The van der Waals surface area contributed by atoms with Crippen LogP contribution in [-0.4, -0.2) is 31.5 Å². The predicted molar refractivity (Wildman–Crippen MR) is 143 cm³/mol. The Morgan fingerprint density at radius 3 is 1.77 bits per heavy atom. The van der Waals surface area contributed by atoms with Crippen LogP contribution in [0.25, 0.3) is 0 Å². The first-order valence-corrected chi connectivity index (χ1v) is 14.0. The molecular formula is C29H36N2O3S. The molecule has 0 aromatic heterocycles. The number of hydrogen-bond donors (Lipinski definition) is 1. The molecule has 5 nitrogen and oxygen atoms in total. The molecular weight excluding hydrogens is 456 g/mol. The molecule has 0 aliphatic carbocycles. The summed E-state index contributed by atoms with van der Waals surface area (Å²) >= 11 is 0. The topological polar surface area (TPSA) is 66.5 Å². The molecule has 0 spiro atoms. The fraction of sp³-hybridized carbons (Fsp3) is 0.345. The van der Waals surface area contributed by atoms with E-state index in [0.29, 0.717) is 0 Å². The van der Waals surface area contributed by atoms with Gasteiger partial charge in [0, 0.05) is 18.8 Å². The summed E-state index contributed by atoms with van der Waals surface area (Å²) in [5, 5.41) is 2.93. The van der Waals surface area contributed by atoms with Crippen LogP contribution in [0.3, 0.4) is 0 Å². The van der Waals surface area contributed by atoms with Gasteiger partial charge in [-0.15, -0.1) is 0 Å². The van der Waals surface area contributed by atoms with Gasteiger partial charge in [-0.2, -0.15) is 0 Å². The lowest BCUT2D eigenvalue weighted by molar-refractivity contribution is -0.115. The molecule has 0 aliphatic rings. The van der Waals surface area contributed by atoms with E-state index in [1.54, 1.807) is 31.2 Å². The van der Waals surface area contributed by atoms with E-state index in [4.69, 9.17) is 0 Å². The summed E-state index contributed by atoms with van der Waals surface area (Å²) in [6.07, 6.45) is 2.33. The van der Waals surface area contributed by atoms with Gasteiger partial charge in [0.25, 0.3) is 0 Å². The zero-order chi connectivity index (χ0) is 25.3. The van der Waals surface area contributed by atoms with Crippen molar-refractivity contribution in [3.63, 3.8) is 0 Å². The normalized spacial score (nSPS) is 11.5. The highest BCUT2D eigenvalue weighted by molar-refractivity contribution is 7.91. The third kappa shape index (κ3) is 8.05. The van der Waals surface area contributed by atoms with E-state index in [9.17, 15) is 13.2 Å². The Kier molecular flexibility index (Phi) is 9.64. The SMILES string of the molecule is CCCN(Cc1ccc(CC)cc1)Cc1ccc(NC(=O)Cc2ccc(S(=O)(=O)CC)cc2)cc1. The van der Waals surface area contributed by atoms with E-state index in [0.717, 1.165) is 43.7 Å². The lowest BCUT2D eigenvalue weighted by Gasteiger charge is -2.22. The molecule has 3 rings (SSSR count). The maximum atomic E-state index is 12.5. The first-order chi connectivity index (χ1) is 16.8. The molecule has 35 heavy (non-hydrogen) atoms. The van der Waals surface area contributed by atoms with Crippen molar-refractivity contribution in [2.45, 2.75) is 58.0 Å². The second-order valence-corrected chi connectivity index (χ2v) is 11.1. The Hall–Kier alpha value is -2.96. The smallest absolute Gasteiger partial charge is 0.228 e. The second kappa shape index (κ2) is 12.7. The molecule has 0 saturated heterocycles. The molecule has 0 heterocycles. The van der Waals surface area contributed by atoms with Crippen LogP contribution in [0.2, 0.25) is 0 Å². The second-order valence-electron chi connectivity index (χ2n) is 8.85. The fourth-order valence-corrected chi connectivity index (χ4v) is 4.88. The quantitative estimate of drug-likeness (QED) is 0.356. The van der Waals surface area contributed by atoms with Crippen LogP contribution < -0.4 is 5.32 Å². The number of carbonyl (C=O) groups is 1. The minimum absolute atomic E-state index is 0.0606. The predicted octanol–water partition coefficient (Wildman–Crippen LogP) is 5.64. The fourth-order valence-electron chi connectivity index (χ4n) is 3.99. The molecule has 0 saturated carbocycles. The number of sulfone groups is 1. The van der Waals surface area contributed by atoms with Gasteiger partial charge >= 0.3 is 0 Å². The van der Waals surface area contributed by atoms with Crippen LogP contribution >= 0.6 is 0 Å². The van der Waals surface area contributed by atoms with Crippen molar-refractivity contribution in [2.75, 3.05) is 17.6 Å². The lowest BCUT2D eigenvalue weighted by atomic mass is 10.1. The highest BCUT2D eigenvalue weighted by Gasteiger charge is 2.12. The number of rotatable bonds is 12. The van der Waals surface area contributed by atoms with Gasteiger partial charge in [-0.1, -0.05) is 69.3 Å². The van der Waals surface area contributed by atoms with Gasteiger partial charge in [0.2, 0.25) is 5.91 Å². The van der Waals surface area contributed by atoms with Crippen molar-refractivity contribution in [3.8, 4) is 0 Å². The van der Waals surface area contributed by atoms with Crippen LogP contribution in [0.4, 0.5) is 5.69 Å². The molecule has 0 fully saturated rings. The molecule has 1 N–H and O–H groups in total. The van der Waals surface area contributed by atoms with Crippen molar-refractivity contribution < 1.29 is 13.2 Å². The number of amides is 1. The molecule has 0 unspecified atom stereocenters. The highest BCUT2D eigenvalue weighted by atomic mass is 32.2. The number of hydrogen-bond acceptors (Lipinski definition) is 4. The average Bonchev–Trinajstić information content (AvgIpc) is 2.86. The molecule has 0 aliphatic heterocycles. The summed E-state index contributed by atoms with van der Waals surface area (Å²) in [6.45, 7) is 8.77. The van der Waals surface area contributed by atoms with Crippen LogP contribution in [0, 0.1) is 0 Å². The van der Waals surface area contributed by atoms with Gasteiger partial charge in [-0.25, -0.2) is 8.42 Å². The van der Waals surface area contributed by atoms with E-state index < -0.39 is 9.84 Å². The minimum Gasteiger partial charge on any atom is -0.326 e. The third-order valence-corrected chi connectivity index (χ3v) is 7.80. The van der Waals surface area contributed by atoms with E-state index in [1.807, 2.05) is 12.1 Å². The van der Waals surface area contributed by atoms with Gasteiger partial charge in [0.15, 0.2) is 9.84 Å². The maximum Gasteiger partial charge on any atom is 0.228 e. The molecule has 6 heteroatoms. The highest BCUT2D eigenvalue weighted by Crippen LogP contribution is 2.16. The van der Waals surface area contributed by atoms with Crippen molar-refractivity contribution in [2.24, 2.45) is 0 Å². The summed E-state index contributed by atoms with van der Waals surface area (Å²) in [4.78, 5) is 15.2. The zero-order valence-electron chi connectivity index (χ0n) is 21.0. The van der Waals surface area contributed by atoms with Crippen molar-refractivity contribution in [1.82, 2.24) is 4.90 Å². The van der Waals surface area contributed by atoms with Gasteiger partial charge in [-0.05, 0) is 65.9 Å². The summed E-state index contributed by atoms with van der Waals surface area (Å²) in [6, 6.07) is 23.4. The Balaban J connectivity index is 1.55. The number of aryl methyl sites for hydroxylation is 1. The molecule has 1 amide bonds. The zero-order valence-corrected chi connectivity index (χ0v) is 21.8. The summed E-state index contributed by atoms with van der Waals surface area (Å²) in [7, 11) is -3.23. The Morgan fingerprint density at radius 2 is 1.26 bits per heavy atom. The Bertz CT molecular complexity index is 1190. The Labute approximate surface area is 210 Å². The average molecular weight is 493 g/mol. The van der Waals surface area contributed by atoms with Crippen LogP contribution in [0.5, 0.6) is 0 Å². The Morgan fingerprint density at radius 1 is 0.743 bits per heavy atom. The van der Waals surface area contributed by atoms with E-state index in [-0.39, 0.29) is 23.0 Å². The van der Waals surface area contributed by atoms with Crippen molar-refractivity contribution in [3.05, 3.63) is 95.1 Å². The summed E-state index contributed by atoms with van der Waals surface area (Å²) in [5.41, 5.74) is 5.40. The van der Waals surface area contributed by atoms with E-state index in [1.165, 1.54) is 16.7 Å². The number of nitrogens with one attached hydrogen (secondary N) is 1. The van der Waals surface area contributed by atoms with Crippen LogP contribution in [0.1, 0.15) is 49.4 Å². The molecule has 0 bridgehead atoms. The molecule has 3 aromatic carbocycles. The number of nitrogens with zero attached hydrogens (tertiary/aromatic N) is 1. The van der Waals surface area contributed by atoms with Crippen molar-refractivity contribution >= 4 is 21.4 Å². The van der Waals surface area contributed by atoms with Gasteiger partial charge in [0.05, 0.1) is 17.1 Å². The molecule has 3 aromatic rings. The molecule has 186 valence electrons. The molecule has 0 atom stereocenters. The van der Waals surface area contributed by atoms with Crippen molar-refractivity contribution in [1.29, 1.82) is 0 Å². The molecule has 0 radical (unpaired) electrons. The maximum absolute atomic E-state index is 12.5. The van der Waals surface area contributed by atoms with Gasteiger partial charge < -0.3 is 5.32 Å². The summed E-state index contributed by atoms with van der Waals surface area (Å²) in [5.74, 6) is -0.0718. The monoisotopic (exact) mass is 492 g/mol. The first kappa shape index (κ1) is 26.6. The van der Waals surface area contributed by atoms with Crippen LogP contribution in [0.15, 0.2) is 77.7 Å².